The van der Waals surface area contributed by atoms with Gasteiger partial charge in [0.15, 0.2) is 0 Å². The minimum absolute atomic E-state index is 0.0767. The van der Waals surface area contributed by atoms with E-state index in [1.165, 1.54) is 25.3 Å². The molecule has 0 fully saturated rings. The fourth-order valence-electron chi connectivity index (χ4n) is 1.31. The third-order valence-electron chi connectivity index (χ3n) is 2.13. The van der Waals surface area contributed by atoms with Crippen molar-refractivity contribution in [2.45, 2.75) is 12.5 Å². The average Bonchev–Trinajstić information content (AvgIpc) is 2.28. The molecule has 0 amide bonds. The Morgan fingerprint density at radius 3 is 2.94 bits per heavy atom. The van der Waals surface area contributed by atoms with E-state index in [2.05, 4.69) is 4.74 Å². The number of esters is 1. The summed E-state index contributed by atoms with van der Waals surface area (Å²) in [5.74, 6) is -1.06. The fraction of sp³-hybridized carbons (Fsp3) is 0.273. The number of ether oxygens (including phenoxy) is 1. The number of benzene rings is 1. The van der Waals surface area contributed by atoms with Crippen LogP contribution in [0.15, 0.2) is 18.2 Å². The highest BCUT2D eigenvalue weighted by Crippen LogP contribution is 2.12. The van der Waals surface area contributed by atoms with E-state index in [-0.39, 0.29) is 6.42 Å². The molecule has 0 aliphatic carbocycles. The van der Waals surface area contributed by atoms with Gasteiger partial charge in [0.05, 0.1) is 18.7 Å². The minimum atomic E-state index is -0.890. The largest absolute Gasteiger partial charge is 0.468 e. The maximum absolute atomic E-state index is 13.0. The van der Waals surface area contributed by atoms with Gasteiger partial charge in [-0.2, -0.15) is 5.26 Å². The summed E-state index contributed by atoms with van der Waals surface area (Å²) >= 11 is 0. The van der Waals surface area contributed by atoms with Gasteiger partial charge in [-0.05, 0) is 30.2 Å². The van der Waals surface area contributed by atoms with Gasteiger partial charge in [-0.1, -0.05) is 0 Å². The number of rotatable bonds is 3. The van der Waals surface area contributed by atoms with Gasteiger partial charge >= 0.3 is 5.97 Å². The van der Waals surface area contributed by atoms with E-state index in [1.807, 2.05) is 6.07 Å². The van der Waals surface area contributed by atoms with Crippen molar-refractivity contribution in [3.05, 3.63) is 35.1 Å². The molecule has 0 bridgehead atoms. The minimum Gasteiger partial charge on any atom is -0.468 e. The number of nitrogens with zero attached hydrogens (tertiary/aromatic N) is 1. The molecule has 0 aliphatic heterocycles. The monoisotopic (exact) mass is 222 g/mol. The second-order valence-electron chi connectivity index (χ2n) is 3.25. The van der Waals surface area contributed by atoms with Crippen molar-refractivity contribution in [1.82, 2.24) is 0 Å². The highest BCUT2D eigenvalue weighted by molar-refractivity contribution is 5.75. The van der Waals surface area contributed by atoms with Gasteiger partial charge in [-0.15, -0.1) is 0 Å². The van der Waals surface area contributed by atoms with Gasteiger partial charge in [-0.25, -0.2) is 4.39 Å². The highest BCUT2D eigenvalue weighted by atomic mass is 19.1. The van der Waals surface area contributed by atoms with Crippen LogP contribution in [0.4, 0.5) is 4.39 Å². The first-order valence-corrected chi connectivity index (χ1v) is 4.60. The number of carbonyl (C=O) groups excluding carboxylic acids is 1. The molecule has 0 radical (unpaired) electrons. The molecule has 0 aromatic heterocycles. The van der Waals surface area contributed by atoms with Crippen molar-refractivity contribution >= 4 is 5.97 Å². The van der Waals surface area contributed by atoms with E-state index in [0.29, 0.717) is 11.1 Å². The van der Waals surface area contributed by atoms with Crippen LogP contribution in [-0.4, -0.2) is 19.1 Å². The zero-order valence-corrected chi connectivity index (χ0v) is 8.74. The Kier molecular flexibility index (Phi) is 3.97. The Labute approximate surface area is 92.4 Å². The summed E-state index contributed by atoms with van der Waals surface area (Å²) in [5.41, 5.74) is 6.24. The third kappa shape index (κ3) is 2.78. The van der Waals surface area contributed by atoms with Crippen molar-refractivity contribution in [3.63, 3.8) is 0 Å². The van der Waals surface area contributed by atoms with Crippen LogP contribution in [0.5, 0.6) is 0 Å². The lowest BCUT2D eigenvalue weighted by Crippen LogP contribution is -2.33. The van der Waals surface area contributed by atoms with Crippen LogP contribution in [0.2, 0.25) is 0 Å². The molecule has 84 valence electrons. The van der Waals surface area contributed by atoms with Crippen LogP contribution < -0.4 is 5.73 Å². The molecular weight excluding hydrogens is 211 g/mol. The molecule has 0 unspecified atom stereocenters. The Morgan fingerprint density at radius 1 is 1.69 bits per heavy atom. The van der Waals surface area contributed by atoms with Crippen molar-refractivity contribution in [2.24, 2.45) is 5.73 Å². The lowest BCUT2D eigenvalue weighted by molar-refractivity contribution is -0.142. The lowest BCUT2D eigenvalue weighted by Gasteiger charge is -2.10. The second-order valence-corrected chi connectivity index (χ2v) is 3.25. The zero-order valence-electron chi connectivity index (χ0n) is 8.74. The summed E-state index contributed by atoms with van der Waals surface area (Å²) in [6.45, 7) is 0. The summed E-state index contributed by atoms with van der Waals surface area (Å²) in [5, 5.41) is 8.79. The van der Waals surface area contributed by atoms with E-state index in [0.717, 1.165) is 0 Å². The number of nitrogens with two attached hydrogens (primary N) is 1. The van der Waals surface area contributed by atoms with Crippen LogP contribution in [0.3, 0.4) is 0 Å². The fourth-order valence-corrected chi connectivity index (χ4v) is 1.31. The summed E-state index contributed by atoms with van der Waals surface area (Å²) < 4.78 is 17.4. The van der Waals surface area contributed by atoms with E-state index in [9.17, 15) is 9.18 Å². The average molecular weight is 222 g/mol. The number of carbonyl (C=O) groups is 1. The predicted octanol–water partition coefficient (Wildman–Crippen LogP) is 0.740. The number of hydrogen-bond donors (Lipinski definition) is 1. The summed E-state index contributed by atoms with van der Waals surface area (Å²) in [6.07, 6.45) is 0.0767. The van der Waals surface area contributed by atoms with E-state index < -0.39 is 17.8 Å². The summed E-state index contributed by atoms with van der Waals surface area (Å²) in [4.78, 5) is 11.1. The normalized spacial score (nSPS) is 11.6. The first kappa shape index (κ1) is 12.1. The van der Waals surface area contributed by atoms with Gasteiger partial charge in [-0.3, -0.25) is 4.79 Å². The smallest absolute Gasteiger partial charge is 0.322 e. The van der Waals surface area contributed by atoms with Gasteiger partial charge < -0.3 is 10.5 Å². The van der Waals surface area contributed by atoms with Crippen molar-refractivity contribution in [2.75, 3.05) is 7.11 Å². The zero-order chi connectivity index (χ0) is 12.1. The maximum atomic E-state index is 13.0. The highest BCUT2D eigenvalue weighted by Gasteiger charge is 2.16. The Hall–Kier alpha value is -1.93. The molecule has 0 aliphatic rings. The molecular formula is C11H11FN2O2. The second kappa shape index (κ2) is 5.24. The van der Waals surface area contributed by atoms with Gasteiger partial charge in [0, 0.05) is 0 Å². The van der Waals surface area contributed by atoms with Crippen molar-refractivity contribution in [3.8, 4) is 6.07 Å². The van der Waals surface area contributed by atoms with Crippen molar-refractivity contribution in [1.29, 1.82) is 5.26 Å². The first-order valence-electron chi connectivity index (χ1n) is 4.60. The SMILES string of the molecule is COC(=O)[C@H](N)Cc1cc(F)ccc1C#N. The number of hydrogen-bond acceptors (Lipinski definition) is 4. The van der Waals surface area contributed by atoms with Crippen LogP contribution in [-0.2, 0) is 16.0 Å². The molecule has 0 spiro atoms. The molecule has 0 saturated carbocycles. The number of halogens is 1. The molecule has 1 rings (SSSR count). The Bertz CT molecular complexity index is 440. The van der Waals surface area contributed by atoms with E-state index >= 15 is 0 Å². The predicted molar refractivity (Wildman–Crippen MR) is 54.8 cm³/mol. The van der Waals surface area contributed by atoms with Crippen LogP contribution in [0.25, 0.3) is 0 Å². The molecule has 4 nitrogen and oxygen atoms in total. The van der Waals surface area contributed by atoms with Crippen molar-refractivity contribution < 1.29 is 13.9 Å². The van der Waals surface area contributed by atoms with E-state index in [4.69, 9.17) is 11.0 Å². The molecule has 1 aromatic carbocycles. The molecule has 0 heterocycles. The number of methoxy groups -OCH3 is 1. The molecule has 2 N–H and O–H groups in total. The van der Waals surface area contributed by atoms with E-state index in [1.54, 1.807) is 0 Å². The molecule has 16 heavy (non-hydrogen) atoms. The third-order valence-corrected chi connectivity index (χ3v) is 2.13. The van der Waals surface area contributed by atoms with Gasteiger partial charge in [0.2, 0.25) is 0 Å². The van der Waals surface area contributed by atoms with Gasteiger partial charge in [0.1, 0.15) is 11.9 Å². The lowest BCUT2D eigenvalue weighted by atomic mass is 10.0. The van der Waals surface area contributed by atoms with Crippen LogP contribution in [0, 0.1) is 17.1 Å². The molecule has 0 saturated heterocycles. The Morgan fingerprint density at radius 2 is 2.38 bits per heavy atom. The molecule has 1 aromatic rings. The summed E-state index contributed by atoms with van der Waals surface area (Å²) in [7, 11) is 1.22. The molecule has 5 heteroatoms. The quantitative estimate of drug-likeness (QED) is 0.765. The standard InChI is InChI=1S/C11H11FN2O2/c1-16-11(15)10(14)5-8-4-9(12)3-2-7(8)6-13/h2-4,10H,5,14H2,1H3/t10-/m1/s1. The topological polar surface area (TPSA) is 76.1 Å². The first-order chi connectivity index (χ1) is 7.58. The summed E-state index contributed by atoms with van der Waals surface area (Å²) in [6, 6.07) is 4.76. The van der Waals surface area contributed by atoms with Gasteiger partial charge in [0.25, 0.3) is 0 Å². The van der Waals surface area contributed by atoms with Crippen LogP contribution >= 0.6 is 0 Å². The number of nitriles is 1. The maximum Gasteiger partial charge on any atom is 0.322 e. The van der Waals surface area contributed by atoms with Crippen LogP contribution in [0.1, 0.15) is 11.1 Å². The Balaban J connectivity index is 2.92. The molecule has 1 atom stereocenters.